The van der Waals surface area contributed by atoms with Crippen molar-refractivity contribution in [3.8, 4) is 0 Å². The fourth-order valence-corrected chi connectivity index (χ4v) is 1.79. The monoisotopic (exact) mass is 237 g/mol. The van der Waals surface area contributed by atoms with Gasteiger partial charge in [-0.25, -0.2) is 0 Å². The van der Waals surface area contributed by atoms with Crippen LogP contribution in [0, 0.1) is 5.92 Å². The first-order valence-corrected chi connectivity index (χ1v) is 6.19. The minimum absolute atomic E-state index is 0.0113. The van der Waals surface area contributed by atoms with Crippen molar-refractivity contribution in [1.82, 2.24) is 5.32 Å². The van der Waals surface area contributed by atoms with Crippen LogP contribution in [-0.4, -0.2) is 12.5 Å². The van der Waals surface area contributed by atoms with Gasteiger partial charge in [-0.3, -0.25) is 4.79 Å². The summed E-state index contributed by atoms with van der Waals surface area (Å²) in [5, 5.41) is 2.96. The molecule has 0 aliphatic heterocycles. The Labute approximate surface area is 103 Å². The molecule has 0 saturated heterocycles. The molecule has 1 aromatic rings. The standard InChI is InChI=1S/C13H19NOS/c1-3-10(4-2)9-14-13(15)11-6-5-7-12(16)8-11/h5-8,10,16H,3-4,9H2,1-2H3,(H,14,15). The molecule has 88 valence electrons. The van der Waals surface area contributed by atoms with Crippen molar-refractivity contribution in [1.29, 1.82) is 0 Å². The van der Waals surface area contributed by atoms with E-state index in [0.29, 0.717) is 11.5 Å². The molecule has 0 atom stereocenters. The quantitative estimate of drug-likeness (QED) is 0.757. The first-order chi connectivity index (χ1) is 7.67. The maximum atomic E-state index is 11.8. The summed E-state index contributed by atoms with van der Waals surface area (Å²) < 4.78 is 0. The summed E-state index contributed by atoms with van der Waals surface area (Å²) >= 11 is 4.21. The highest BCUT2D eigenvalue weighted by molar-refractivity contribution is 7.80. The number of hydrogen-bond acceptors (Lipinski definition) is 2. The molecule has 1 rings (SSSR count). The fraction of sp³-hybridized carbons (Fsp3) is 0.462. The van der Waals surface area contributed by atoms with Gasteiger partial charge >= 0.3 is 0 Å². The molecule has 0 radical (unpaired) electrons. The summed E-state index contributed by atoms with van der Waals surface area (Å²) in [6.07, 6.45) is 2.20. The second kappa shape index (κ2) is 6.59. The summed E-state index contributed by atoms with van der Waals surface area (Å²) in [7, 11) is 0. The molecule has 1 amide bonds. The maximum absolute atomic E-state index is 11.8. The van der Waals surface area contributed by atoms with Crippen molar-refractivity contribution in [2.75, 3.05) is 6.54 Å². The lowest BCUT2D eigenvalue weighted by atomic mass is 10.0. The average molecular weight is 237 g/mol. The van der Waals surface area contributed by atoms with E-state index in [4.69, 9.17) is 0 Å². The molecule has 16 heavy (non-hydrogen) atoms. The molecular formula is C13H19NOS. The first-order valence-electron chi connectivity index (χ1n) is 5.74. The topological polar surface area (TPSA) is 29.1 Å². The number of thiol groups is 1. The molecule has 3 heteroatoms. The van der Waals surface area contributed by atoms with Crippen LogP contribution in [0.3, 0.4) is 0 Å². The molecule has 0 aromatic heterocycles. The fourth-order valence-electron chi connectivity index (χ4n) is 1.56. The van der Waals surface area contributed by atoms with Crippen LogP contribution in [0.5, 0.6) is 0 Å². The molecule has 0 aliphatic carbocycles. The van der Waals surface area contributed by atoms with E-state index in [1.807, 2.05) is 18.2 Å². The molecule has 0 unspecified atom stereocenters. The van der Waals surface area contributed by atoms with Crippen LogP contribution >= 0.6 is 12.6 Å². The second-order valence-electron chi connectivity index (χ2n) is 3.94. The van der Waals surface area contributed by atoms with E-state index in [9.17, 15) is 4.79 Å². The number of amides is 1. The van der Waals surface area contributed by atoms with Gasteiger partial charge in [-0.1, -0.05) is 32.8 Å². The summed E-state index contributed by atoms with van der Waals surface area (Å²) in [6.45, 7) is 5.05. The van der Waals surface area contributed by atoms with Gasteiger partial charge in [0.05, 0.1) is 0 Å². The van der Waals surface area contributed by atoms with Crippen molar-refractivity contribution in [2.45, 2.75) is 31.6 Å². The van der Waals surface area contributed by atoms with E-state index in [1.54, 1.807) is 6.07 Å². The molecule has 2 nitrogen and oxygen atoms in total. The third kappa shape index (κ3) is 3.89. The largest absolute Gasteiger partial charge is 0.352 e. The second-order valence-corrected chi connectivity index (χ2v) is 4.46. The highest BCUT2D eigenvalue weighted by Gasteiger charge is 2.08. The number of hydrogen-bond donors (Lipinski definition) is 2. The van der Waals surface area contributed by atoms with Crippen LogP contribution in [0.15, 0.2) is 29.2 Å². The van der Waals surface area contributed by atoms with Gasteiger partial charge in [-0.2, -0.15) is 0 Å². The van der Waals surface area contributed by atoms with Gasteiger partial charge in [-0.15, -0.1) is 12.6 Å². The van der Waals surface area contributed by atoms with Crippen LogP contribution in [-0.2, 0) is 0 Å². The molecule has 1 aromatic carbocycles. The molecule has 0 heterocycles. The third-order valence-electron chi connectivity index (χ3n) is 2.81. The van der Waals surface area contributed by atoms with Crippen molar-refractivity contribution >= 4 is 18.5 Å². The maximum Gasteiger partial charge on any atom is 0.251 e. The molecule has 0 aliphatic rings. The molecule has 0 spiro atoms. The molecule has 1 N–H and O–H groups in total. The van der Waals surface area contributed by atoms with Gasteiger partial charge in [0.15, 0.2) is 0 Å². The van der Waals surface area contributed by atoms with E-state index in [0.717, 1.165) is 24.3 Å². The zero-order chi connectivity index (χ0) is 12.0. The average Bonchev–Trinajstić information content (AvgIpc) is 2.30. The normalized spacial score (nSPS) is 10.5. The highest BCUT2D eigenvalue weighted by atomic mass is 32.1. The minimum Gasteiger partial charge on any atom is -0.352 e. The summed E-state index contributed by atoms with van der Waals surface area (Å²) in [4.78, 5) is 12.6. The predicted molar refractivity (Wildman–Crippen MR) is 70.1 cm³/mol. The van der Waals surface area contributed by atoms with Crippen molar-refractivity contribution < 1.29 is 4.79 Å². The van der Waals surface area contributed by atoms with Gasteiger partial charge < -0.3 is 5.32 Å². The van der Waals surface area contributed by atoms with Gasteiger partial charge in [-0.05, 0) is 24.1 Å². The minimum atomic E-state index is -0.0113. The van der Waals surface area contributed by atoms with E-state index >= 15 is 0 Å². The summed E-state index contributed by atoms with van der Waals surface area (Å²) in [5.41, 5.74) is 0.679. The molecule has 0 fully saturated rings. The Bertz CT molecular complexity index is 348. The lowest BCUT2D eigenvalue weighted by molar-refractivity contribution is 0.0946. The first kappa shape index (κ1) is 13.1. The smallest absolute Gasteiger partial charge is 0.251 e. The van der Waals surface area contributed by atoms with Gasteiger partial charge in [0.25, 0.3) is 5.91 Å². The Balaban J connectivity index is 2.52. The molecule has 0 saturated carbocycles. The molecular weight excluding hydrogens is 218 g/mol. The lowest BCUT2D eigenvalue weighted by Crippen LogP contribution is -2.28. The van der Waals surface area contributed by atoms with Crippen LogP contribution in [0.2, 0.25) is 0 Å². The van der Waals surface area contributed by atoms with E-state index in [1.165, 1.54) is 0 Å². The SMILES string of the molecule is CCC(CC)CNC(=O)c1cccc(S)c1. The Kier molecular flexibility index (Phi) is 5.39. The Hall–Kier alpha value is -0.960. The predicted octanol–water partition coefficient (Wildman–Crippen LogP) is 3.14. The molecule has 0 bridgehead atoms. The Morgan fingerprint density at radius 2 is 2.06 bits per heavy atom. The van der Waals surface area contributed by atoms with E-state index in [2.05, 4.69) is 31.8 Å². The zero-order valence-electron chi connectivity index (χ0n) is 9.86. The van der Waals surface area contributed by atoms with Crippen LogP contribution < -0.4 is 5.32 Å². The zero-order valence-corrected chi connectivity index (χ0v) is 10.8. The number of carbonyl (C=O) groups is 1. The number of carbonyl (C=O) groups excluding carboxylic acids is 1. The van der Waals surface area contributed by atoms with Crippen LogP contribution in [0.4, 0.5) is 0 Å². The lowest BCUT2D eigenvalue weighted by Gasteiger charge is -2.13. The van der Waals surface area contributed by atoms with E-state index < -0.39 is 0 Å². The van der Waals surface area contributed by atoms with Crippen molar-refractivity contribution in [3.63, 3.8) is 0 Å². The number of benzene rings is 1. The Morgan fingerprint density at radius 1 is 1.38 bits per heavy atom. The van der Waals surface area contributed by atoms with E-state index in [-0.39, 0.29) is 5.91 Å². The summed E-state index contributed by atoms with van der Waals surface area (Å²) in [5.74, 6) is 0.561. The van der Waals surface area contributed by atoms with Gasteiger partial charge in [0, 0.05) is 17.0 Å². The Morgan fingerprint density at radius 3 is 2.62 bits per heavy atom. The van der Waals surface area contributed by atoms with Crippen LogP contribution in [0.25, 0.3) is 0 Å². The number of rotatable bonds is 5. The highest BCUT2D eigenvalue weighted by Crippen LogP contribution is 2.10. The summed E-state index contributed by atoms with van der Waals surface area (Å²) in [6, 6.07) is 7.29. The van der Waals surface area contributed by atoms with Gasteiger partial charge in [0.1, 0.15) is 0 Å². The van der Waals surface area contributed by atoms with Crippen LogP contribution in [0.1, 0.15) is 37.0 Å². The van der Waals surface area contributed by atoms with Crippen molar-refractivity contribution in [3.05, 3.63) is 29.8 Å². The number of nitrogens with one attached hydrogen (secondary N) is 1. The van der Waals surface area contributed by atoms with Crippen molar-refractivity contribution in [2.24, 2.45) is 5.92 Å². The third-order valence-corrected chi connectivity index (χ3v) is 3.09. The van der Waals surface area contributed by atoms with Gasteiger partial charge in [0.2, 0.25) is 0 Å².